The van der Waals surface area contributed by atoms with Crippen molar-refractivity contribution in [3.05, 3.63) is 83.9 Å². The fourth-order valence-electron chi connectivity index (χ4n) is 4.77. The molecule has 4 rings (SSSR count). The van der Waals surface area contributed by atoms with Gasteiger partial charge in [0.25, 0.3) is 0 Å². The molecule has 0 radical (unpaired) electrons. The van der Waals surface area contributed by atoms with Crippen molar-refractivity contribution in [3.8, 4) is 17.2 Å². The van der Waals surface area contributed by atoms with Crippen LogP contribution in [0, 0.1) is 0 Å². The van der Waals surface area contributed by atoms with Crippen LogP contribution in [0.3, 0.4) is 0 Å². The number of carbonyl (C=O) groups is 1. The number of amides is 1. The summed E-state index contributed by atoms with van der Waals surface area (Å²) in [4.78, 5) is 17.6. The Bertz CT molecular complexity index is 1050. The first-order chi connectivity index (χ1) is 17.6. The highest BCUT2D eigenvalue weighted by Crippen LogP contribution is 2.40. The molecule has 3 aromatic rings. The maximum absolute atomic E-state index is 12.7. The molecule has 1 heterocycles. The van der Waals surface area contributed by atoms with Gasteiger partial charge in [-0.2, -0.15) is 0 Å². The topological polar surface area (TPSA) is 63.3 Å². The molecule has 1 aliphatic heterocycles. The number of methoxy groups -OCH3 is 3. The summed E-state index contributed by atoms with van der Waals surface area (Å²) in [6.07, 6.45) is 0.414. The lowest BCUT2D eigenvalue weighted by Crippen LogP contribution is -2.48. The number of hydrogen-bond donors (Lipinski definition) is 1. The minimum absolute atomic E-state index is 0.0434. The summed E-state index contributed by atoms with van der Waals surface area (Å²) in [5, 5.41) is 2.96. The van der Waals surface area contributed by atoms with Crippen molar-refractivity contribution < 1.29 is 19.0 Å². The zero-order valence-electron chi connectivity index (χ0n) is 21.3. The van der Waals surface area contributed by atoms with E-state index in [2.05, 4.69) is 75.8 Å². The van der Waals surface area contributed by atoms with E-state index in [1.54, 1.807) is 33.5 Å². The van der Waals surface area contributed by atoms with Gasteiger partial charge in [0.15, 0.2) is 11.5 Å². The summed E-state index contributed by atoms with van der Waals surface area (Å²) in [5.74, 6) is 1.47. The number of nitrogens with one attached hydrogen (secondary N) is 1. The Morgan fingerprint density at radius 2 is 1.33 bits per heavy atom. The molecule has 7 heteroatoms. The Hall–Kier alpha value is -3.55. The van der Waals surface area contributed by atoms with Gasteiger partial charge in [0.2, 0.25) is 11.7 Å². The number of rotatable bonds is 10. The Labute approximate surface area is 213 Å². The van der Waals surface area contributed by atoms with Gasteiger partial charge in [0.1, 0.15) is 0 Å². The van der Waals surface area contributed by atoms with Gasteiger partial charge in [0.05, 0.1) is 27.4 Å². The van der Waals surface area contributed by atoms with Crippen molar-refractivity contribution >= 4 is 11.6 Å². The Kier molecular flexibility index (Phi) is 8.81. The predicted molar refractivity (Wildman–Crippen MR) is 142 cm³/mol. The maximum atomic E-state index is 12.7. The smallest absolute Gasteiger partial charge is 0.225 e. The molecule has 1 saturated heterocycles. The van der Waals surface area contributed by atoms with Gasteiger partial charge in [0, 0.05) is 57.0 Å². The van der Waals surface area contributed by atoms with Crippen molar-refractivity contribution in [1.82, 2.24) is 9.80 Å². The highest BCUT2D eigenvalue weighted by molar-refractivity contribution is 5.91. The second-order valence-electron chi connectivity index (χ2n) is 8.81. The first-order valence-corrected chi connectivity index (χ1v) is 12.3. The van der Waals surface area contributed by atoms with Crippen LogP contribution in [0.15, 0.2) is 72.8 Å². The first kappa shape index (κ1) is 25.5. The summed E-state index contributed by atoms with van der Waals surface area (Å²) >= 11 is 0. The third-order valence-corrected chi connectivity index (χ3v) is 6.61. The highest BCUT2D eigenvalue weighted by Gasteiger charge is 2.26. The molecule has 0 spiro atoms. The minimum Gasteiger partial charge on any atom is -0.493 e. The molecule has 0 aromatic heterocycles. The molecule has 190 valence electrons. The second-order valence-corrected chi connectivity index (χ2v) is 8.81. The number of piperazine rings is 1. The number of nitrogens with zero attached hydrogens (tertiary/aromatic N) is 2. The molecule has 1 fully saturated rings. The van der Waals surface area contributed by atoms with Crippen molar-refractivity contribution in [1.29, 1.82) is 0 Å². The molecule has 1 N–H and O–H groups in total. The highest BCUT2D eigenvalue weighted by atomic mass is 16.5. The van der Waals surface area contributed by atoms with E-state index >= 15 is 0 Å². The average Bonchev–Trinajstić information content (AvgIpc) is 2.93. The lowest BCUT2D eigenvalue weighted by Gasteiger charge is -2.39. The van der Waals surface area contributed by atoms with Crippen LogP contribution >= 0.6 is 0 Å². The molecular weight excluding hydrogens is 454 g/mol. The molecule has 0 unspecified atom stereocenters. The molecule has 0 atom stereocenters. The van der Waals surface area contributed by atoms with E-state index in [-0.39, 0.29) is 11.9 Å². The fraction of sp³-hybridized carbons (Fsp3) is 0.345. The van der Waals surface area contributed by atoms with Crippen LogP contribution in [0.1, 0.15) is 23.6 Å². The molecule has 7 nitrogen and oxygen atoms in total. The van der Waals surface area contributed by atoms with E-state index in [4.69, 9.17) is 14.2 Å². The normalized spacial score (nSPS) is 14.4. The SMILES string of the molecule is COc1cc(NC(=O)CCN2CCN(C(c3ccccc3)c3ccccc3)CC2)cc(OC)c1OC. The van der Waals surface area contributed by atoms with E-state index in [0.717, 1.165) is 26.2 Å². The van der Waals surface area contributed by atoms with Gasteiger partial charge in [-0.15, -0.1) is 0 Å². The van der Waals surface area contributed by atoms with Gasteiger partial charge in [-0.05, 0) is 11.1 Å². The van der Waals surface area contributed by atoms with Crippen LogP contribution < -0.4 is 19.5 Å². The largest absolute Gasteiger partial charge is 0.493 e. The van der Waals surface area contributed by atoms with E-state index < -0.39 is 0 Å². The van der Waals surface area contributed by atoms with Crippen LogP contribution in [0.2, 0.25) is 0 Å². The molecule has 1 amide bonds. The van der Waals surface area contributed by atoms with Crippen LogP contribution in [0.25, 0.3) is 0 Å². The summed E-state index contributed by atoms with van der Waals surface area (Å²) in [5.41, 5.74) is 3.23. The first-order valence-electron chi connectivity index (χ1n) is 12.3. The standard InChI is InChI=1S/C29H35N3O4/c1-34-25-20-24(21-26(35-2)29(25)36-3)30-27(33)14-15-31-16-18-32(19-17-31)28(22-10-6-4-7-11-22)23-12-8-5-9-13-23/h4-13,20-21,28H,14-19H2,1-3H3,(H,30,33). The van der Waals surface area contributed by atoms with Crippen LogP contribution in [0.5, 0.6) is 17.2 Å². The number of benzene rings is 3. The van der Waals surface area contributed by atoms with Crippen LogP contribution in [-0.4, -0.2) is 69.8 Å². The summed E-state index contributed by atoms with van der Waals surface area (Å²) in [7, 11) is 4.67. The summed E-state index contributed by atoms with van der Waals surface area (Å²) < 4.78 is 16.1. The lowest BCUT2D eigenvalue weighted by atomic mass is 9.96. The Balaban J connectivity index is 1.33. The van der Waals surface area contributed by atoms with Gasteiger partial charge < -0.3 is 24.4 Å². The van der Waals surface area contributed by atoms with E-state index in [0.29, 0.717) is 35.9 Å². The Morgan fingerprint density at radius 1 is 0.806 bits per heavy atom. The van der Waals surface area contributed by atoms with E-state index in [1.807, 2.05) is 0 Å². The molecule has 1 aliphatic rings. The number of hydrogen-bond acceptors (Lipinski definition) is 6. The maximum Gasteiger partial charge on any atom is 0.225 e. The third kappa shape index (κ3) is 6.17. The molecule has 0 saturated carbocycles. The lowest BCUT2D eigenvalue weighted by molar-refractivity contribution is -0.116. The second kappa shape index (κ2) is 12.4. The van der Waals surface area contributed by atoms with Crippen LogP contribution in [-0.2, 0) is 4.79 Å². The van der Waals surface area contributed by atoms with Crippen molar-refractivity contribution in [2.75, 3.05) is 59.4 Å². The zero-order valence-corrected chi connectivity index (χ0v) is 21.3. The van der Waals surface area contributed by atoms with Crippen molar-refractivity contribution in [2.45, 2.75) is 12.5 Å². The fourth-order valence-corrected chi connectivity index (χ4v) is 4.77. The molecule has 3 aromatic carbocycles. The monoisotopic (exact) mass is 489 g/mol. The Morgan fingerprint density at radius 3 is 1.81 bits per heavy atom. The van der Waals surface area contributed by atoms with E-state index in [9.17, 15) is 4.79 Å². The molecule has 0 bridgehead atoms. The van der Waals surface area contributed by atoms with E-state index in [1.165, 1.54) is 11.1 Å². The van der Waals surface area contributed by atoms with Gasteiger partial charge in [-0.3, -0.25) is 9.69 Å². The van der Waals surface area contributed by atoms with Gasteiger partial charge >= 0.3 is 0 Å². The number of carbonyl (C=O) groups excluding carboxylic acids is 1. The third-order valence-electron chi connectivity index (χ3n) is 6.61. The van der Waals surface area contributed by atoms with Crippen molar-refractivity contribution in [2.24, 2.45) is 0 Å². The summed E-state index contributed by atoms with van der Waals surface area (Å²) in [6, 6.07) is 25.1. The molecule has 0 aliphatic carbocycles. The van der Waals surface area contributed by atoms with Gasteiger partial charge in [-0.1, -0.05) is 60.7 Å². The zero-order chi connectivity index (χ0) is 25.3. The number of anilines is 1. The van der Waals surface area contributed by atoms with Gasteiger partial charge in [-0.25, -0.2) is 0 Å². The molecular formula is C29H35N3O4. The predicted octanol–water partition coefficient (Wildman–Crippen LogP) is 4.45. The molecule has 36 heavy (non-hydrogen) atoms. The summed E-state index contributed by atoms with van der Waals surface area (Å²) in [6.45, 7) is 4.46. The number of ether oxygens (including phenoxy) is 3. The minimum atomic E-state index is -0.0434. The average molecular weight is 490 g/mol. The quantitative estimate of drug-likeness (QED) is 0.454. The van der Waals surface area contributed by atoms with Crippen molar-refractivity contribution in [3.63, 3.8) is 0 Å². The van der Waals surface area contributed by atoms with Crippen LogP contribution in [0.4, 0.5) is 5.69 Å².